The highest BCUT2D eigenvalue weighted by atomic mass is 79.9. The van der Waals surface area contributed by atoms with Crippen LogP contribution in [0.2, 0.25) is 0 Å². The summed E-state index contributed by atoms with van der Waals surface area (Å²) in [6.07, 6.45) is 2.72. The molecular weight excluding hydrogens is 414 g/mol. The van der Waals surface area contributed by atoms with E-state index in [-0.39, 0.29) is 5.97 Å². The summed E-state index contributed by atoms with van der Waals surface area (Å²) < 4.78 is 8.57. The Balaban J connectivity index is 1.99. The van der Waals surface area contributed by atoms with E-state index in [0.717, 1.165) is 26.8 Å². The molecule has 0 radical (unpaired) electrons. The van der Waals surface area contributed by atoms with Gasteiger partial charge in [-0.15, -0.1) is 0 Å². The number of carbonyl (C=O) groups is 1. The van der Waals surface area contributed by atoms with Crippen LogP contribution < -0.4 is 0 Å². The van der Waals surface area contributed by atoms with E-state index in [2.05, 4.69) is 32.5 Å². The molecule has 0 unspecified atom stereocenters. The number of rotatable bonds is 5. The highest BCUT2D eigenvalue weighted by Gasteiger charge is 2.25. The second-order valence-corrected chi connectivity index (χ2v) is 7.46. The van der Waals surface area contributed by atoms with Crippen LogP contribution in [0.25, 0.3) is 16.6 Å². The maximum absolute atomic E-state index is 12.9. The summed E-state index contributed by atoms with van der Waals surface area (Å²) in [6, 6.07) is 24.3. The van der Waals surface area contributed by atoms with Crippen LogP contribution in [-0.4, -0.2) is 17.0 Å². The van der Waals surface area contributed by atoms with Crippen molar-refractivity contribution >= 4 is 27.4 Å². The molecule has 0 aliphatic carbocycles. The van der Waals surface area contributed by atoms with Gasteiger partial charge in [0.1, 0.15) is 0 Å². The van der Waals surface area contributed by atoms with Crippen molar-refractivity contribution in [3.8, 4) is 11.1 Å². The number of fused-ring (bicyclic) bond motifs is 1. The highest BCUT2D eigenvalue weighted by molar-refractivity contribution is 9.10. The lowest BCUT2D eigenvalue weighted by molar-refractivity contribution is 0.0529. The van der Waals surface area contributed by atoms with Gasteiger partial charge in [0.25, 0.3) is 0 Å². The van der Waals surface area contributed by atoms with E-state index in [9.17, 15) is 4.79 Å². The Hall–Kier alpha value is -2.85. The first-order valence-corrected chi connectivity index (χ1v) is 10.1. The molecule has 140 valence electrons. The van der Waals surface area contributed by atoms with Crippen LogP contribution in [0.5, 0.6) is 0 Å². The van der Waals surface area contributed by atoms with Crippen LogP contribution in [0.3, 0.4) is 0 Å². The summed E-state index contributed by atoms with van der Waals surface area (Å²) in [5.74, 6) is -0.285. The van der Waals surface area contributed by atoms with Crippen molar-refractivity contribution in [2.75, 3.05) is 6.61 Å². The zero-order valence-corrected chi connectivity index (χ0v) is 17.1. The fourth-order valence-corrected chi connectivity index (χ4v) is 3.83. The van der Waals surface area contributed by atoms with Gasteiger partial charge >= 0.3 is 5.97 Å². The third kappa shape index (κ3) is 3.48. The van der Waals surface area contributed by atoms with E-state index in [1.807, 2.05) is 73.8 Å². The molecule has 4 aromatic rings. The molecule has 0 amide bonds. The molecule has 0 saturated carbocycles. The number of halogens is 1. The molecule has 4 heteroatoms. The van der Waals surface area contributed by atoms with Crippen LogP contribution in [0.15, 0.2) is 83.5 Å². The van der Waals surface area contributed by atoms with Crippen LogP contribution in [0.4, 0.5) is 0 Å². The van der Waals surface area contributed by atoms with Crippen molar-refractivity contribution in [3.05, 3.63) is 100 Å². The fourth-order valence-electron chi connectivity index (χ4n) is 3.57. The molecule has 0 aliphatic heterocycles. The monoisotopic (exact) mass is 433 g/mol. The molecule has 0 atom stereocenters. The van der Waals surface area contributed by atoms with Crippen LogP contribution >= 0.6 is 15.9 Å². The maximum Gasteiger partial charge on any atom is 0.340 e. The van der Waals surface area contributed by atoms with Crippen molar-refractivity contribution in [3.63, 3.8) is 0 Å². The van der Waals surface area contributed by atoms with Gasteiger partial charge < -0.3 is 9.14 Å². The predicted octanol–water partition coefficient (Wildman–Crippen LogP) is 6.14. The molecule has 2 heterocycles. The normalized spacial score (nSPS) is 10.9. The Morgan fingerprint density at radius 2 is 1.68 bits per heavy atom. The van der Waals surface area contributed by atoms with Gasteiger partial charge in [0.2, 0.25) is 0 Å². The standard InChI is InChI=1S/C24H20BrNO2/c1-2-28-24(27)23-20-10-6-7-15-26(20)21(16-17-11-13-19(25)14-12-17)22(23)18-8-4-3-5-9-18/h3-15H,2,16H2,1H3. The van der Waals surface area contributed by atoms with Crippen molar-refractivity contribution in [2.45, 2.75) is 13.3 Å². The van der Waals surface area contributed by atoms with Crippen molar-refractivity contribution in [2.24, 2.45) is 0 Å². The first-order chi connectivity index (χ1) is 13.7. The smallest absolute Gasteiger partial charge is 0.340 e. The Kier molecular flexibility index (Phi) is 5.31. The molecule has 0 bridgehead atoms. The first-order valence-electron chi connectivity index (χ1n) is 9.28. The van der Waals surface area contributed by atoms with E-state index in [0.29, 0.717) is 18.6 Å². The van der Waals surface area contributed by atoms with Gasteiger partial charge in [-0.1, -0.05) is 64.5 Å². The molecule has 0 saturated heterocycles. The van der Waals surface area contributed by atoms with Crippen molar-refractivity contribution in [1.29, 1.82) is 0 Å². The lowest BCUT2D eigenvalue weighted by Gasteiger charge is -2.09. The van der Waals surface area contributed by atoms with Gasteiger partial charge in [-0.2, -0.15) is 0 Å². The minimum Gasteiger partial charge on any atom is -0.462 e. The number of hydrogen-bond acceptors (Lipinski definition) is 2. The lowest BCUT2D eigenvalue weighted by Crippen LogP contribution is -2.06. The quantitative estimate of drug-likeness (QED) is 0.354. The molecule has 2 aromatic carbocycles. The molecule has 28 heavy (non-hydrogen) atoms. The summed E-state index contributed by atoms with van der Waals surface area (Å²) in [7, 11) is 0. The molecule has 0 N–H and O–H groups in total. The Labute approximate surface area is 172 Å². The second-order valence-electron chi connectivity index (χ2n) is 6.54. The van der Waals surface area contributed by atoms with Gasteiger partial charge in [-0.05, 0) is 42.3 Å². The molecule has 0 spiro atoms. The summed E-state index contributed by atoms with van der Waals surface area (Å²) in [4.78, 5) is 12.9. The largest absolute Gasteiger partial charge is 0.462 e. The third-order valence-corrected chi connectivity index (χ3v) is 5.30. The minimum atomic E-state index is -0.285. The zero-order valence-electron chi connectivity index (χ0n) is 15.6. The van der Waals surface area contributed by atoms with E-state index in [1.165, 1.54) is 5.56 Å². The Morgan fingerprint density at radius 3 is 2.39 bits per heavy atom. The van der Waals surface area contributed by atoms with Gasteiger partial charge in [0, 0.05) is 28.3 Å². The number of aromatic nitrogens is 1. The number of benzene rings is 2. The maximum atomic E-state index is 12.9. The summed E-state index contributed by atoms with van der Waals surface area (Å²) in [5, 5.41) is 0. The van der Waals surface area contributed by atoms with Gasteiger partial charge in [0.15, 0.2) is 0 Å². The average Bonchev–Trinajstić information content (AvgIpc) is 3.05. The van der Waals surface area contributed by atoms with Crippen molar-refractivity contribution < 1.29 is 9.53 Å². The zero-order chi connectivity index (χ0) is 19.5. The second kappa shape index (κ2) is 8.03. The number of carbonyl (C=O) groups excluding carboxylic acids is 1. The molecule has 2 aromatic heterocycles. The molecular formula is C24H20BrNO2. The van der Waals surface area contributed by atoms with Gasteiger partial charge in [0.05, 0.1) is 17.7 Å². The number of hydrogen-bond donors (Lipinski definition) is 0. The topological polar surface area (TPSA) is 30.7 Å². The number of nitrogens with zero attached hydrogens (tertiary/aromatic N) is 1. The van der Waals surface area contributed by atoms with Crippen molar-refractivity contribution in [1.82, 2.24) is 4.40 Å². The Morgan fingerprint density at radius 1 is 0.964 bits per heavy atom. The van der Waals surface area contributed by atoms with E-state index >= 15 is 0 Å². The average molecular weight is 434 g/mol. The molecule has 0 fully saturated rings. The third-order valence-electron chi connectivity index (χ3n) is 4.77. The summed E-state index contributed by atoms with van der Waals surface area (Å²) in [5.41, 5.74) is 5.70. The Bertz CT molecular complexity index is 1110. The van der Waals surface area contributed by atoms with Gasteiger partial charge in [-0.3, -0.25) is 0 Å². The highest BCUT2D eigenvalue weighted by Crippen LogP contribution is 2.35. The molecule has 3 nitrogen and oxygen atoms in total. The number of pyridine rings is 1. The predicted molar refractivity (Wildman–Crippen MR) is 116 cm³/mol. The van der Waals surface area contributed by atoms with E-state index in [1.54, 1.807) is 0 Å². The van der Waals surface area contributed by atoms with Gasteiger partial charge in [-0.25, -0.2) is 4.79 Å². The SMILES string of the molecule is CCOC(=O)c1c(-c2ccccc2)c(Cc2ccc(Br)cc2)n2ccccc12. The van der Waals surface area contributed by atoms with E-state index < -0.39 is 0 Å². The van der Waals surface area contributed by atoms with Crippen LogP contribution in [-0.2, 0) is 11.2 Å². The minimum absolute atomic E-state index is 0.285. The summed E-state index contributed by atoms with van der Waals surface area (Å²) >= 11 is 3.50. The number of esters is 1. The first kappa shape index (κ1) is 18.5. The number of ether oxygens (including phenoxy) is 1. The van der Waals surface area contributed by atoms with Crippen LogP contribution in [0, 0.1) is 0 Å². The van der Waals surface area contributed by atoms with Crippen LogP contribution in [0.1, 0.15) is 28.5 Å². The summed E-state index contributed by atoms with van der Waals surface area (Å²) in [6.45, 7) is 2.18. The molecule has 4 rings (SSSR count). The lowest BCUT2D eigenvalue weighted by atomic mass is 9.97. The van der Waals surface area contributed by atoms with E-state index in [4.69, 9.17) is 4.74 Å². The molecule has 0 aliphatic rings. The fraction of sp³-hybridized carbons (Fsp3) is 0.125.